The van der Waals surface area contributed by atoms with Gasteiger partial charge in [-0.15, -0.1) is 0 Å². The average Bonchev–Trinajstić information content (AvgIpc) is 3.12. The zero-order chi connectivity index (χ0) is 18.1. The van der Waals surface area contributed by atoms with E-state index in [1.165, 1.54) is 22.4 Å². The molecular weight excluding hydrogens is 334 g/mol. The number of hydrogen-bond donors (Lipinski definition) is 3. The molecule has 0 saturated carbocycles. The number of para-hydroxylation sites is 3. The van der Waals surface area contributed by atoms with Crippen molar-refractivity contribution in [3.63, 3.8) is 0 Å². The van der Waals surface area contributed by atoms with Crippen LogP contribution in [0.1, 0.15) is 10.4 Å². The summed E-state index contributed by atoms with van der Waals surface area (Å²) in [5.74, 6) is 4.70. The van der Waals surface area contributed by atoms with Gasteiger partial charge in [0.25, 0.3) is 0 Å². The summed E-state index contributed by atoms with van der Waals surface area (Å²) in [7, 11) is 0. The molecule has 0 unspecified atom stereocenters. The molecule has 4 rings (SSSR count). The highest BCUT2D eigenvalue weighted by Gasteiger charge is 2.25. The molecule has 0 bridgehead atoms. The number of hydrazine groups is 1. The highest BCUT2D eigenvalue weighted by Crippen LogP contribution is 2.34. The van der Waals surface area contributed by atoms with Crippen LogP contribution in [-0.2, 0) is 4.84 Å². The Labute approximate surface area is 148 Å². The minimum Gasteiger partial charge on any atom is -0.360 e. The van der Waals surface area contributed by atoms with Gasteiger partial charge in [0.15, 0.2) is 0 Å². The van der Waals surface area contributed by atoms with E-state index in [1.807, 2.05) is 24.3 Å². The van der Waals surface area contributed by atoms with E-state index >= 15 is 0 Å². The van der Waals surface area contributed by atoms with Gasteiger partial charge in [0.05, 0.1) is 17.5 Å². The zero-order valence-electron chi connectivity index (χ0n) is 13.5. The Hall–Kier alpha value is -3.78. The summed E-state index contributed by atoms with van der Waals surface area (Å²) in [4.78, 5) is 34.4. The fourth-order valence-electron chi connectivity index (χ4n) is 2.85. The normalized spacial score (nSPS) is 12.8. The lowest BCUT2D eigenvalue weighted by Gasteiger charge is -2.30. The van der Waals surface area contributed by atoms with Crippen LogP contribution in [0, 0.1) is 0 Å². The minimum atomic E-state index is -0.515. The number of aromatic amines is 1. The summed E-state index contributed by atoms with van der Waals surface area (Å²) in [6, 6.07) is 14.0. The molecule has 4 N–H and O–H groups in total. The molecule has 1 aliphatic rings. The maximum absolute atomic E-state index is 12.6. The summed E-state index contributed by atoms with van der Waals surface area (Å²) >= 11 is 0. The highest BCUT2D eigenvalue weighted by atomic mass is 16.7. The number of benzene rings is 2. The predicted molar refractivity (Wildman–Crippen MR) is 97.0 cm³/mol. The topological polar surface area (TPSA) is 104 Å². The van der Waals surface area contributed by atoms with Crippen LogP contribution in [0.2, 0.25) is 0 Å². The fraction of sp³-hybridized carbons (Fsp3) is 0. The zero-order valence-corrected chi connectivity index (χ0v) is 13.5. The first kappa shape index (κ1) is 15.7. The number of rotatable bonds is 2. The standard InChI is InChI=1S/C18H15N5O3/c19-21-18(25)22-9-10-23(16-8-4-3-7-15(16)22)26-17(24)13-11-20-14-6-2-1-5-12(13)14/h1-11,20H,19H2,(H,21,25). The summed E-state index contributed by atoms with van der Waals surface area (Å²) in [6.45, 7) is 0. The Balaban J connectivity index is 1.65. The summed E-state index contributed by atoms with van der Waals surface area (Å²) in [5, 5.41) is 2.09. The second-order valence-electron chi connectivity index (χ2n) is 5.56. The monoisotopic (exact) mass is 349 g/mol. The molecule has 130 valence electrons. The molecule has 1 aliphatic heterocycles. The maximum atomic E-state index is 12.6. The first-order chi connectivity index (χ1) is 12.7. The van der Waals surface area contributed by atoms with Crippen LogP contribution in [0.5, 0.6) is 0 Å². The quantitative estimate of drug-likeness (QED) is 0.375. The number of aromatic nitrogens is 1. The van der Waals surface area contributed by atoms with Crippen molar-refractivity contribution in [3.8, 4) is 0 Å². The second kappa shape index (κ2) is 6.26. The lowest BCUT2D eigenvalue weighted by Crippen LogP contribution is -2.43. The van der Waals surface area contributed by atoms with Gasteiger partial charge < -0.3 is 9.82 Å². The number of H-pyrrole nitrogens is 1. The van der Waals surface area contributed by atoms with E-state index < -0.39 is 12.0 Å². The fourth-order valence-corrected chi connectivity index (χ4v) is 2.85. The largest absolute Gasteiger partial charge is 0.365 e. The molecule has 8 nitrogen and oxygen atoms in total. The molecule has 0 aliphatic carbocycles. The van der Waals surface area contributed by atoms with E-state index in [4.69, 9.17) is 10.7 Å². The minimum absolute atomic E-state index is 0.425. The van der Waals surface area contributed by atoms with Crippen molar-refractivity contribution in [2.75, 3.05) is 9.96 Å². The van der Waals surface area contributed by atoms with Crippen LogP contribution < -0.4 is 21.2 Å². The third kappa shape index (κ3) is 2.54. The predicted octanol–water partition coefficient (Wildman–Crippen LogP) is 2.62. The van der Waals surface area contributed by atoms with Gasteiger partial charge in [0.2, 0.25) is 0 Å². The number of hydrogen-bond acceptors (Lipinski definition) is 5. The molecule has 0 radical (unpaired) electrons. The number of carbonyl (C=O) groups is 2. The van der Waals surface area contributed by atoms with Gasteiger partial charge in [0.1, 0.15) is 5.69 Å². The van der Waals surface area contributed by atoms with Gasteiger partial charge in [-0.3, -0.25) is 10.3 Å². The van der Waals surface area contributed by atoms with Crippen LogP contribution >= 0.6 is 0 Å². The van der Waals surface area contributed by atoms with E-state index in [0.29, 0.717) is 16.9 Å². The number of amides is 2. The first-order valence-electron chi connectivity index (χ1n) is 7.84. The molecule has 0 saturated heterocycles. The Morgan fingerprint density at radius 2 is 1.73 bits per heavy atom. The summed E-state index contributed by atoms with van der Waals surface area (Å²) < 4.78 is 0. The van der Waals surface area contributed by atoms with Crippen LogP contribution in [0.4, 0.5) is 16.2 Å². The van der Waals surface area contributed by atoms with Crippen molar-refractivity contribution in [2.24, 2.45) is 5.84 Å². The second-order valence-corrected chi connectivity index (χ2v) is 5.56. The highest BCUT2D eigenvalue weighted by molar-refractivity contribution is 6.05. The number of nitrogens with zero attached hydrogens (tertiary/aromatic N) is 2. The molecule has 0 fully saturated rings. The van der Waals surface area contributed by atoms with Crippen molar-refractivity contribution in [1.82, 2.24) is 10.4 Å². The molecule has 0 atom stereocenters. The van der Waals surface area contributed by atoms with Crippen LogP contribution in [-0.4, -0.2) is 17.0 Å². The van der Waals surface area contributed by atoms with Gasteiger partial charge in [-0.1, -0.05) is 30.3 Å². The molecule has 2 heterocycles. The molecule has 3 aromatic rings. The van der Waals surface area contributed by atoms with Crippen LogP contribution in [0.25, 0.3) is 10.9 Å². The van der Waals surface area contributed by atoms with Crippen LogP contribution in [0.15, 0.2) is 67.1 Å². The first-order valence-corrected chi connectivity index (χ1v) is 7.84. The van der Waals surface area contributed by atoms with E-state index in [0.717, 1.165) is 10.9 Å². The molecule has 8 heteroatoms. The van der Waals surface area contributed by atoms with Crippen molar-refractivity contribution < 1.29 is 14.4 Å². The molecule has 0 spiro atoms. The van der Waals surface area contributed by atoms with Gasteiger partial charge in [-0.05, 0) is 18.2 Å². The number of nitrogens with one attached hydrogen (secondary N) is 2. The summed E-state index contributed by atoms with van der Waals surface area (Å²) in [6.07, 6.45) is 4.55. The maximum Gasteiger partial charge on any atom is 0.365 e. The Morgan fingerprint density at radius 1 is 1.00 bits per heavy atom. The molecular formula is C18H15N5O3. The smallest absolute Gasteiger partial charge is 0.360 e. The summed E-state index contributed by atoms with van der Waals surface area (Å²) in [5.41, 5.74) is 4.42. The van der Waals surface area contributed by atoms with E-state index in [-0.39, 0.29) is 0 Å². The van der Waals surface area contributed by atoms with E-state index in [1.54, 1.807) is 30.5 Å². The van der Waals surface area contributed by atoms with Gasteiger partial charge in [0, 0.05) is 23.3 Å². The Morgan fingerprint density at radius 3 is 2.54 bits per heavy atom. The van der Waals surface area contributed by atoms with Gasteiger partial charge >= 0.3 is 12.0 Å². The third-order valence-corrected chi connectivity index (χ3v) is 4.06. The van der Waals surface area contributed by atoms with Crippen LogP contribution in [0.3, 0.4) is 0 Å². The van der Waals surface area contributed by atoms with E-state index in [9.17, 15) is 9.59 Å². The Bertz CT molecular complexity index is 1030. The molecule has 2 aromatic carbocycles. The number of hydroxylamine groups is 1. The lowest BCUT2D eigenvalue weighted by molar-refractivity contribution is 0.0499. The number of fused-ring (bicyclic) bond motifs is 2. The Kier molecular flexibility index (Phi) is 3.79. The SMILES string of the molecule is NNC(=O)N1C=CN(OC(=O)c2c[nH]c3ccccc23)c2ccccc21. The van der Waals surface area contributed by atoms with Gasteiger partial charge in [-0.2, -0.15) is 5.06 Å². The molecule has 26 heavy (non-hydrogen) atoms. The molecule has 2 amide bonds. The number of anilines is 2. The van der Waals surface area contributed by atoms with Crippen molar-refractivity contribution in [1.29, 1.82) is 0 Å². The van der Waals surface area contributed by atoms with Crippen molar-refractivity contribution in [2.45, 2.75) is 0 Å². The van der Waals surface area contributed by atoms with E-state index in [2.05, 4.69) is 10.4 Å². The molecule has 1 aromatic heterocycles. The van der Waals surface area contributed by atoms with Crippen molar-refractivity contribution in [3.05, 3.63) is 72.7 Å². The number of urea groups is 1. The van der Waals surface area contributed by atoms with Gasteiger partial charge in [-0.25, -0.2) is 15.4 Å². The third-order valence-electron chi connectivity index (χ3n) is 4.06. The van der Waals surface area contributed by atoms with Crippen molar-refractivity contribution >= 4 is 34.3 Å². The number of nitrogens with two attached hydrogens (primary N) is 1. The average molecular weight is 349 g/mol. The number of carbonyl (C=O) groups excluding carboxylic acids is 2. The lowest BCUT2D eigenvalue weighted by atomic mass is 10.2.